The Kier molecular flexibility index (Phi) is 4.49. The monoisotopic (exact) mass is 254 g/mol. The van der Waals surface area contributed by atoms with E-state index in [2.05, 4.69) is 12.2 Å². The second-order valence-electron chi connectivity index (χ2n) is 6.14. The first-order chi connectivity index (χ1) is 8.59. The number of amides is 2. The average molecular weight is 254 g/mol. The summed E-state index contributed by atoms with van der Waals surface area (Å²) in [5.41, 5.74) is -0.657. The molecule has 2 fully saturated rings. The molecule has 2 N–H and O–H groups in total. The zero-order valence-electron chi connectivity index (χ0n) is 11.5. The second-order valence-corrected chi connectivity index (χ2v) is 6.14. The summed E-state index contributed by atoms with van der Waals surface area (Å²) in [5.74, 6) is 0.599. The molecule has 1 aliphatic heterocycles. The zero-order chi connectivity index (χ0) is 13.0. The van der Waals surface area contributed by atoms with Crippen molar-refractivity contribution in [3.8, 4) is 0 Å². The fourth-order valence-electron chi connectivity index (χ4n) is 3.11. The molecule has 1 saturated heterocycles. The average Bonchev–Trinajstić information content (AvgIpc) is 2.37. The number of piperidine rings is 1. The molecule has 0 aromatic carbocycles. The highest BCUT2D eigenvalue weighted by Gasteiger charge is 2.30. The van der Waals surface area contributed by atoms with Crippen molar-refractivity contribution in [1.82, 2.24) is 10.2 Å². The Hall–Kier alpha value is -0.770. The van der Waals surface area contributed by atoms with Gasteiger partial charge in [0, 0.05) is 19.6 Å². The summed E-state index contributed by atoms with van der Waals surface area (Å²) in [5, 5.41) is 13.3. The van der Waals surface area contributed by atoms with Crippen molar-refractivity contribution in [1.29, 1.82) is 0 Å². The number of likely N-dealkylation sites (tertiary alicyclic amines) is 1. The number of aliphatic hydroxyl groups is 1. The van der Waals surface area contributed by atoms with Gasteiger partial charge in [0.15, 0.2) is 0 Å². The zero-order valence-corrected chi connectivity index (χ0v) is 11.5. The molecule has 4 nitrogen and oxygen atoms in total. The highest BCUT2D eigenvalue weighted by molar-refractivity contribution is 5.74. The molecule has 104 valence electrons. The molecule has 0 aromatic rings. The van der Waals surface area contributed by atoms with Gasteiger partial charge in [-0.1, -0.05) is 26.2 Å². The highest BCUT2D eigenvalue weighted by atomic mass is 16.3. The molecular weight excluding hydrogens is 228 g/mol. The van der Waals surface area contributed by atoms with Gasteiger partial charge < -0.3 is 15.3 Å². The largest absolute Gasteiger partial charge is 0.388 e. The first-order valence-corrected chi connectivity index (χ1v) is 7.34. The van der Waals surface area contributed by atoms with Crippen LogP contribution in [0.1, 0.15) is 51.9 Å². The minimum Gasteiger partial charge on any atom is -0.388 e. The topological polar surface area (TPSA) is 52.6 Å². The van der Waals surface area contributed by atoms with E-state index in [1.807, 2.05) is 4.90 Å². The van der Waals surface area contributed by atoms with Crippen LogP contribution in [0.4, 0.5) is 4.79 Å². The molecule has 0 spiro atoms. The Bertz CT molecular complexity index is 288. The maximum Gasteiger partial charge on any atom is 0.317 e. The first-order valence-electron chi connectivity index (χ1n) is 7.34. The van der Waals surface area contributed by atoms with E-state index < -0.39 is 5.60 Å². The van der Waals surface area contributed by atoms with Gasteiger partial charge in [-0.25, -0.2) is 4.79 Å². The molecule has 1 atom stereocenters. The van der Waals surface area contributed by atoms with Crippen molar-refractivity contribution in [2.45, 2.75) is 57.5 Å². The summed E-state index contributed by atoms with van der Waals surface area (Å²) in [6.07, 6.45) is 7.32. The normalized spacial score (nSPS) is 27.9. The number of carbonyl (C=O) groups excluding carboxylic acids is 1. The SMILES string of the molecule is CC1CCCN(C(=O)NCC2(O)CCCCC2)C1. The lowest BCUT2D eigenvalue weighted by Crippen LogP contribution is -2.50. The fourth-order valence-corrected chi connectivity index (χ4v) is 3.11. The summed E-state index contributed by atoms with van der Waals surface area (Å²) >= 11 is 0. The van der Waals surface area contributed by atoms with Crippen molar-refractivity contribution in [2.24, 2.45) is 5.92 Å². The molecule has 1 unspecified atom stereocenters. The maximum atomic E-state index is 12.0. The van der Waals surface area contributed by atoms with Gasteiger partial charge in [-0.3, -0.25) is 0 Å². The van der Waals surface area contributed by atoms with Gasteiger partial charge in [-0.2, -0.15) is 0 Å². The lowest BCUT2D eigenvalue weighted by atomic mass is 9.85. The second kappa shape index (κ2) is 5.91. The summed E-state index contributed by atoms with van der Waals surface area (Å²) in [7, 11) is 0. The van der Waals surface area contributed by atoms with Gasteiger partial charge in [0.1, 0.15) is 0 Å². The van der Waals surface area contributed by atoms with E-state index in [0.29, 0.717) is 12.5 Å². The summed E-state index contributed by atoms with van der Waals surface area (Å²) in [6.45, 7) is 4.31. The Morgan fingerprint density at radius 2 is 2.06 bits per heavy atom. The van der Waals surface area contributed by atoms with Crippen LogP contribution in [0.2, 0.25) is 0 Å². The number of urea groups is 1. The third kappa shape index (κ3) is 3.61. The predicted octanol–water partition coefficient (Wildman–Crippen LogP) is 2.12. The summed E-state index contributed by atoms with van der Waals surface area (Å²) < 4.78 is 0. The van der Waals surface area contributed by atoms with E-state index in [9.17, 15) is 9.90 Å². The molecule has 18 heavy (non-hydrogen) atoms. The third-order valence-electron chi connectivity index (χ3n) is 4.30. The van der Waals surface area contributed by atoms with Crippen molar-refractivity contribution in [2.75, 3.05) is 19.6 Å². The van der Waals surface area contributed by atoms with Crippen LogP contribution >= 0.6 is 0 Å². The van der Waals surface area contributed by atoms with Crippen LogP contribution in [-0.2, 0) is 0 Å². The summed E-state index contributed by atoms with van der Waals surface area (Å²) in [4.78, 5) is 13.9. The maximum absolute atomic E-state index is 12.0. The molecule has 1 heterocycles. The molecule has 0 radical (unpaired) electrons. The van der Waals surface area contributed by atoms with Crippen molar-refractivity contribution >= 4 is 6.03 Å². The highest BCUT2D eigenvalue weighted by Crippen LogP contribution is 2.27. The predicted molar refractivity (Wildman–Crippen MR) is 71.4 cm³/mol. The van der Waals surface area contributed by atoms with Gasteiger partial charge in [-0.15, -0.1) is 0 Å². The Morgan fingerprint density at radius 1 is 1.33 bits per heavy atom. The molecule has 0 aromatic heterocycles. The van der Waals surface area contributed by atoms with Crippen LogP contribution in [0, 0.1) is 5.92 Å². The molecule has 1 saturated carbocycles. The molecule has 1 aliphatic carbocycles. The van der Waals surface area contributed by atoms with Gasteiger partial charge in [0.2, 0.25) is 0 Å². The smallest absolute Gasteiger partial charge is 0.317 e. The minimum absolute atomic E-state index is 0.000508. The number of nitrogens with zero attached hydrogens (tertiary/aromatic N) is 1. The molecule has 2 aliphatic rings. The fraction of sp³-hybridized carbons (Fsp3) is 0.929. The Labute approximate surface area is 110 Å². The standard InChI is InChI=1S/C14H26N2O2/c1-12-6-5-9-16(10-12)13(17)15-11-14(18)7-3-2-4-8-14/h12,18H,2-11H2,1H3,(H,15,17). The van der Waals surface area contributed by atoms with E-state index in [1.54, 1.807) is 0 Å². The Morgan fingerprint density at radius 3 is 2.72 bits per heavy atom. The molecule has 2 rings (SSSR count). The minimum atomic E-state index is -0.657. The van der Waals surface area contributed by atoms with Crippen molar-refractivity contribution < 1.29 is 9.90 Å². The molecule has 2 amide bonds. The molecule has 0 bridgehead atoms. The van der Waals surface area contributed by atoms with Gasteiger partial charge in [0.05, 0.1) is 5.60 Å². The number of rotatable bonds is 2. The van der Waals surface area contributed by atoms with Crippen LogP contribution in [0.15, 0.2) is 0 Å². The lowest BCUT2D eigenvalue weighted by molar-refractivity contribution is 0.00588. The van der Waals surface area contributed by atoms with E-state index in [-0.39, 0.29) is 6.03 Å². The molecule has 4 heteroatoms. The lowest BCUT2D eigenvalue weighted by Gasteiger charge is -2.35. The van der Waals surface area contributed by atoms with Crippen LogP contribution in [0.5, 0.6) is 0 Å². The molecular formula is C14H26N2O2. The number of carbonyl (C=O) groups is 1. The third-order valence-corrected chi connectivity index (χ3v) is 4.30. The Balaban J connectivity index is 1.76. The van der Waals surface area contributed by atoms with E-state index >= 15 is 0 Å². The van der Waals surface area contributed by atoms with Crippen LogP contribution < -0.4 is 5.32 Å². The van der Waals surface area contributed by atoms with Crippen LogP contribution in [0.25, 0.3) is 0 Å². The number of hydrogen-bond acceptors (Lipinski definition) is 2. The van der Waals surface area contributed by atoms with Crippen molar-refractivity contribution in [3.05, 3.63) is 0 Å². The van der Waals surface area contributed by atoms with Gasteiger partial charge in [0.25, 0.3) is 0 Å². The van der Waals surface area contributed by atoms with Gasteiger partial charge >= 0.3 is 6.03 Å². The number of nitrogens with one attached hydrogen (secondary N) is 1. The number of hydrogen-bond donors (Lipinski definition) is 2. The summed E-state index contributed by atoms with van der Waals surface area (Å²) in [6, 6.07) is 0.000508. The van der Waals surface area contributed by atoms with Crippen molar-refractivity contribution in [3.63, 3.8) is 0 Å². The van der Waals surface area contributed by atoms with Crippen LogP contribution in [-0.4, -0.2) is 41.3 Å². The van der Waals surface area contributed by atoms with Gasteiger partial charge in [-0.05, 0) is 31.6 Å². The van der Waals surface area contributed by atoms with Crippen LogP contribution in [0.3, 0.4) is 0 Å². The van der Waals surface area contributed by atoms with E-state index in [4.69, 9.17) is 0 Å². The quantitative estimate of drug-likeness (QED) is 0.793. The first kappa shape index (κ1) is 13.7. The van der Waals surface area contributed by atoms with E-state index in [1.165, 1.54) is 12.8 Å². The van der Waals surface area contributed by atoms with E-state index in [0.717, 1.165) is 45.2 Å².